The number of aromatic nitrogens is 1. The van der Waals surface area contributed by atoms with Gasteiger partial charge in [0.1, 0.15) is 16.5 Å². The highest BCUT2D eigenvalue weighted by Gasteiger charge is 2.19. The molecule has 2 heterocycles. The van der Waals surface area contributed by atoms with Gasteiger partial charge >= 0.3 is 5.97 Å². The van der Waals surface area contributed by atoms with Crippen LogP contribution in [-0.2, 0) is 0 Å². The Bertz CT molecular complexity index is 1350. The number of fused-ring (bicyclic) bond motifs is 1. The van der Waals surface area contributed by atoms with Gasteiger partial charge in [-0.1, -0.05) is 48.0 Å². The molecule has 0 spiro atoms. The zero-order chi connectivity index (χ0) is 22.1. The molecule has 0 aliphatic rings. The molecule has 0 bridgehead atoms. The van der Waals surface area contributed by atoms with Gasteiger partial charge < -0.3 is 14.8 Å². The molecule has 7 heteroatoms. The zero-order valence-electron chi connectivity index (χ0n) is 16.8. The highest BCUT2D eigenvalue weighted by molar-refractivity contribution is 6.29. The second kappa shape index (κ2) is 8.24. The average Bonchev–Trinajstić information content (AvgIpc) is 2.75. The third-order valence-corrected chi connectivity index (χ3v) is 5.17. The number of anilines is 1. The van der Waals surface area contributed by atoms with Crippen LogP contribution in [0.25, 0.3) is 22.3 Å². The summed E-state index contributed by atoms with van der Waals surface area (Å²) in [6, 6.07) is 17.3. The van der Waals surface area contributed by atoms with Crippen molar-refractivity contribution in [2.45, 2.75) is 19.9 Å². The number of carbonyl (C=O) groups is 1. The van der Waals surface area contributed by atoms with E-state index in [1.54, 1.807) is 12.1 Å². The summed E-state index contributed by atoms with van der Waals surface area (Å²) in [6.07, 6.45) is 0. The van der Waals surface area contributed by atoms with Crippen molar-refractivity contribution in [3.8, 4) is 11.3 Å². The van der Waals surface area contributed by atoms with E-state index in [2.05, 4.69) is 10.3 Å². The molecule has 31 heavy (non-hydrogen) atoms. The van der Waals surface area contributed by atoms with Gasteiger partial charge in [-0.3, -0.25) is 4.79 Å². The molecule has 2 N–H and O–H groups in total. The molecule has 1 atom stereocenters. The lowest BCUT2D eigenvalue weighted by Gasteiger charge is -2.19. The first kappa shape index (κ1) is 20.6. The van der Waals surface area contributed by atoms with Crippen molar-refractivity contribution in [3.63, 3.8) is 0 Å². The summed E-state index contributed by atoms with van der Waals surface area (Å²) >= 11 is 5.85. The van der Waals surface area contributed by atoms with Gasteiger partial charge in [-0.05, 0) is 37.6 Å². The molecule has 0 saturated carbocycles. The van der Waals surface area contributed by atoms with Gasteiger partial charge in [-0.15, -0.1) is 0 Å². The largest absolute Gasteiger partial charge is 0.476 e. The molecule has 4 aromatic rings. The first-order valence-electron chi connectivity index (χ1n) is 9.63. The van der Waals surface area contributed by atoms with E-state index >= 15 is 0 Å². The summed E-state index contributed by atoms with van der Waals surface area (Å²) in [5, 5.41) is 13.2. The molecule has 156 valence electrons. The molecule has 0 aliphatic heterocycles. The van der Waals surface area contributed by atoms with E-state index in [0.717, 1.165) is 16.7 Å². The quantitative estimate of drug-likeness (QED) is 0.392. The third kappa shape index (κ3) is 4.15. The maximum atomic E-state index is 12.9. The minimum absolute atomic E-state index is 0.0927. The summed E-state index contributed by atoms with van der Waals surface area (Å²) in [7, 11) is 0. The molecule has 6 nitrogen and oxygen atoms in total. The number of hydrogen-bond acceptors (Lipinski definition) is 5. The number of nitrogens with one attached hydrogen (secondary N) is 1. The lowest BCUT2D eigenvalue weighted by Crippen LogP contribution is -2.13. The summed E-state index contributed by atoms with van der Waals surface area (Å²) in [4.78, 5) is 28.3. The number of pyridine rings is 1. The second-order valence-electron chi connectivity index (χ2n) is 7.27. The van der Waals surface area contributed by atoms with Crippen LogP contribution in [0, 0.1) is 6.92 Å². The molecule has 1 unspecified atom stereocenters. The maximum Gasteiger partial charge on any atom is 0.356 e. The first-order chi connectivity index (χ1) is 14.8. The van der Waals surface area contributed by atoms with Crippen LogP contribution in [0.1, 0.15) is 34.6 Å². The Labute approximate surface area is 183 Å². The van der Waals surface area contributed by atoms with Gasteiger partial charge in [0.05, 0.1) is 17.1 Å². The van der Waals surface area contributed by atoms with E-state index in [4.69, 9.17) is 16.0 Å². The number of aryl methyl sites for hydroxylation is 1. The van der Waals surface area contributed by atoms with Gasteiger partial charge in [0, 0.05) is 17.2 Å². The molecule has 4 rings (SSSR count). The molecule has 0 amide bonds. The van der Waals surface area contributed by atoms with Crippen molar-refractivity contribution in [2.75, 3.05) is 5.32 Å². The Morgan fingerprint density at radius 3 is 2.58 bits per heavy atom. The smallest absolute Gasteiger partial charge is 0.356 e. The molecule has 2 aromatic carbocycles. The highest BCUT2D eigenvalue weighted by Crippen LogP contribution is 2.31. The predicted octanol–water partition coefficient (Wildman–Crippen LogP) is 5.69. The van der Waals surface area contributed by atoms with Crippen LogP contribution >= 0.6 is 11.6 Å². The summed E-state index contributed by atoms with van der Waals surface area (Å²) < 4.78 is 6.18. The van der Waals surface area contributed by atoms with Crippen molar-refractivity contribution in [2.24, 2.45) is 0 Å². The van der Waals surface area contributed by atoms with Crippen molar-refractivity contribution in [1.82, 2.24) is 4.98 Å². The van der Waals surface area contributed by atoms with Gasteiger partial charge in [-0.2, -0.15) is 0 Å². The number of halogens is 1. The molecule has 2 aromatic heterocycles. The molecule has 0 radical (unpaired) electrons. The van der Waals surface area contributed by atoms with Gasteiger partial charge in [0.2, 0.25) is 0 Å². The summed E-state index contributed by atoms with van der Waals surface area (Å²) in [5.74, 6) is -0.723. The van der Waals surface area contributed by atoms with Crippen LogP contribution in [-0.4, -0.2) is 16.1 Å². The Kier molecular flexibility index (Phi) is 5.48. The summed E-state index contributed by atoms with van der Waals surface area (Å²) in [6.45, 7) is 3.76. The molecular weight excluding hydrogens is 416 g/mol. The van der Waals surface area contributed by atoms with E-state index in [1.807, 2.05) is 50.2 Å². The topological polar surface area (TPSA) is 92.4 Å². The van der Waals surface area contributed by atoms with Gasteiger partial charge in [0.25, 0.3) is 0 Å². The van der Waals surface area contributed by atoms with Crippen molar-refractivity contribution in [1.29, 1.82) is 0 Å². The number of benzene rings is 2. The van der Waals surface area contributed by atoms with Gasteiger partial charge in [0.15, 0.2) is 11.1 Å². The van der Waals surface area contributed by atoms with Crippen LogP contribution in [0.2, 0.25) is 5.15 Å². The third-order valence-electron chi connectivity index (χ3n) is 4.96. The Hall–Kier alpha value is -3.64. The number of carboxylic acids is 1. The SMILES string of the molecule is Cc1cc(C(C)Nc2ccc(Cl)nc2C(=O)O)c2oc(-c3ccccc3)cc(=O)c2c1. The standard InChI is InChI=1S/C24H19ClN2O4/c1-13-10-16(14(2)26-18-8-9-21(25)27-22(18)24(29)30)23-17(11-13)19(28)12-20(31-23)15-6-4-3-5-7-15/h3-12,14,26H,1-2H3,(H,29,30). The van der Waals surface area contributed by atoms with E-state index < -0.39 is 5.97 Å². The predicted molar refractivity (Wildman–Crippen MR) is 121 cm³/mol. The number of nitrogens with zero attached hydrogens (tertiary/aromatic N) is 1. The fourth-order valence-corrected chi connectivity index (χ4v) is 3.67. The van der Waals surface area contributed by atoms with E-state index in [9.17, 15) is 14.7 Å². The lowest BCUT2D eigenvalue weighted by atomic mass is 10.0. The number of rotatable bonds is 5. The highest BCUT2D eigenvalue weighted by atomic mass is 35.5. The zero-order valence-corrected chi connectivity index (χ0v) is 17.6. The maximum absolute atomic E-state index is 12.9. The van der Waals surface area contributed by atoms with Crippen LogP contribution < -0.4 is 10.7 Å². The Morgan fingerprint density at radius 1 is 1.13 bits per heavy atom. The fraction of sp³-hybridized carbons (Fsp3) is 0.125. The van der Waals surface area contributed by atoms with Crippen LogP contribution in [0.4, 0.5) is 5.69 Å². The molecule has 0 saturated heterocycles. The number of carboxylic acid groups (broad SMARTS) is 1. The lowest BCUT2D eigenvalue weighted by molar-refractivity contribution is 0.0691. The van der Waals surface area contributed by atoms with Crippen LogP contribution in [0.15, 0.2) is 69.9 Å². The van der Waals surface area contributed by atoms with E-state index in [-0.39, 0.29) is 22.3 Å². The summed E-state index contributed by atoms with van der Waals surface area (Å²) in [5.41, 5.74) is 2.87. The molecule has 0 aliphatic carbocycles. The van der Waals surface area contributed by atoms with Gasteiger partial charge in [-0.25, -0.2) is 9.78 Å². The minimum atomic E-state index is -1.19. The van der Waals surface area contributed by atoms with E-state index in [0.29, 0.717) is 22.4 Å². The first-order valence-corrected chi connectivity index (χ1v) is 10.0. The van der Waals surface area contributed by atoms with Crippen molar-refractivity contribution >= 4 is 34.2 Å². The fourth-order valence-electron chi connectivity index (χ4n) is 3.53. The van der Waals surface area contributed by atoms with Crippen molar-refractivity contribution < 1.29 is 14.3 Å². The van der Waals surface area contributed by atoms with E-state index in [1.165, 1.54) is 12.1 Å². The number of aromatic carboxylic acids is 1. The van der Waals surface area contributed by atoms with Crippen LogP contribution in [0.3, 0.4) is 0 Å². The van der Waals surface area contributed by atoms with Crippen LogP contribution in [0.5, 0.6) is 0 Å². The Morgan fingerprint density at radius 2 is 1.87 bits per heavy atom. The normalized spacial score (nSPS) is 12.0. The average molecular weight is 435 g/mol. The molecular formula is C24H19ClN2O4. The van der Waals surface area contributed by atoms with Crippen molar-refractivity contribution in [3.05, 3.63) is 92.9 Å². The molecule has 0 fully saturated rings. The number of hydrogen-bond donors (Lipinski definition) is 2. The Balaban J connectivity index is 1.84. The minimum Gasteiger partial charge on any atom is -0.476 e. The monoisotopic (exact) mass is 434 g/mol. The second-order valence-corrected chi connectivity index (χ2v) is 7.66.